The van der Waals surface area contributed by atoms with E-state index in [1.54, 1.807) is 6.07 Å². The van der Waals surface area contributed by atoms with Crippen LogP contribution in [0.25, 0.3) is 0 Å². The number of nitrogens with two attached hydrogens (primary N) is 1. The summed E-state index contributed by atoms with van der Waals surface area (Å²) in [4.78, 5) is 21.9. The standard InChI is InChI=1S/C14H17NO6/c1-19-12-6-8(13(15)16)2-4-10(12)20-7-9-3-5-11(21-9)14(17)18/h2,4,6,9,11H,3,5,7H2,1H3,(H2,15,16)(H,17,18). The average Bonchev–Trinajstić information content (AvgIpc) is 2.93. The Morgan fingerprint density at radius 1 is 1.38 bits per heavy atom. The lowest BCUT2D eigenvalue weighted by molar-refractivity contribution is -0.149. The first-order chi connectivity index (χ1) is 10.0. The zero-order valence-corrected chi connectivity index (χ0v) is 11.6. The van der Waals surface area contributed by atoms with Gasteiger partial charge in [0.05, 0.1) is 13.2 Å². The van der Waals surface area contributed by atoms with Gasteiger partial charge < -0.3 is 25.1 Å². The maximum atomic E-state index is 11.1. The van der Waals surface area contributed by atoms with Crippen LogP contribution in [-0.2, 0) is 9.53 Å². The second-order valence-corrected chi connectivity index (χ2v) is 4.70. The van der Waals surface area contributed by atoms with Crippen molar-refractivity contribution in [3.63, 3.8) is 0 Å². The molecule has 0 bridgehead atoms. The molecule has 1 aliphatic heterocycles. The zero-order chi connectivity index (χ0) is 15.4. The fourth-order valence-electron chi connectivity index (χ4n) is 2.13. The van der Waals surface area contributed by atoms with Gasteiger partial charge >= 0.3 is 5.97 Å². The van der Waals surface area contributed by atoms with Gasteiger partial charge in [0.1, 0.15) is 6.61 Å². The van der Waals surface area contributed by atoms with E-state index in [0.717, 1.165) is 0 Å². The van der Waals surface area contributed by atoms with Gasteiger partial charge in [-0.3, -0.25) is 4.79 Å². The molecule has 2 rings (SSSR count). The van der Waals surface area contributed by atoms with Crippen molar-refractivity contribution in [1.82, 2.24) is 0 Å². The maximum absolute atomic E-state index is 11.1. The number of carbonyl (C=O) groups is 2. The van der Waals surface area contributed by atoms with E-state index >= 15 is 0 Å². The summed E-state index contributed by atoms with van der Waals surface area (Å²) in [5.41, 5.74) is 5.52. The van der Waals surface area contributed by atoms with Gasteiger partial charge in [0.25, 0.3) is 0 Å². The Labute approximate surface area is 121 Å². The second-order valence-electron chi connectivity index (χ2n) is 4.70. The molecule has 0 spiro atoms. The van der Waals surface area contributed by atoms with E-state index in [1.807, 2.05) is 0 Å². The molecule has 0 saturated carbocycles. The Bertz CT molecular complexity index is 544. The van der Waals surface area contributed by atoms with E-state index in [9.17, 15) is 9.59 Å². The van der Waals surface area contributed by atoms with Crippen LogP contribution in [0.3, 0.4) is 0 Å². The highest BCUT2D eigenvalue weighted by molar-refractivity contribution is 5.93. The van der Waals surface area contributed by atoms with Crippen LogP contribution >= 0.6 is 0 Å². The fraction of sp³-hybridized carbons (Fsp3) is 0.429. The number of carboxylic acid groups (broad SMARTS) is 1. The first-order valence-corrected chi connectivity index (χ1v) is 6.50. The van der Waals surface area contributed by atoms with E-state index in [1.165, 1.54) is 19.2 Å². The quantitative estimate of drug-likeness (QED) is 0.803. The van der Waals surface area contributed by atoms with Gasteiger partial charge in [0, 0.05) is 5.56 Å². The topological polar surface area (TPSA) is 108 Å². The van der Waals surface area contributed by atoms with Gasteiger partial charge in [-0.25, -0.2) is 4.79 Å². The molecule has 114 valence electrons. The number of methoxy groups -OCH3 is 1. The minimum absolute atomic E-state index is 0.218. The van der Waals surface area contributed by atoms with E-state index < -0.39 is 18.0 Å². The smallest absolute Gasteiger partial charge is 0.332 e. The van der Waals surface area contributed by atoms with Gasteiger partial charge in [-0.2, -0.15) is 0 Å². The number of rotatable bonds is 6. The van der Waals surface area contributed by atoms with Crippen molar-refractivity contribution in [2.75, 3.05) is 13.7 Å². The number of hydrogen-bond donors (Lipinski definition) is 2. The predicted octanol–water partition coefficient (Wildman–Crippen LogP) is 0.805. The van der Waals surface area contributed by atoms with E-state index in [0.29, 0.717) is 29.9 Å². The van der Waals surface area contributed by atoms with E-state index in [4.69, 9.17) is 25.1 Å². The lowest BCUT2D eigenvalue weighted by Crippen LogP contribution is -2.23. The number of primary amides is 1. The summed E-state index contributed by atoms with van der Waals surface area (Å²) in [7, 11) is 1.46. The summed E-state index contributed by atoms with van der Waals surface area (Å²) in [5, 5.41) is 8.85. The Balaban J connectivity index is 1.97. The molecule has 1 aromatic rings. The Morgan fingerprint density at radius 3 is 2.71 bits per heavy atom. The van der Waals surface area contributed by atoms with Crippen LogP contribution in [0.15, 0.2) is 18.2 Å². The number of amides is 1. The summed E-state index contributed by atoms with van der Waals surface area (Å²) in [6.07, 6.45) is 0.0594. The van der Waals surface area contributed by atoms with Crippen LogP contribution in [0.4, 0.5) is 0 Å². The van der Waals surface area contributed by atoms with Gasteiger partial charge in [-0.05, 0) is 31.0 Å². The summed E-state index contributed by atoms with van der Waals surface area (Å²) in [6, 6.07) is 4.62. The minimum Gasteiger partial charge on any atom is -0.493 e. The third kappa shape index (κ3) is 3.63. The molecule has 1 fully saturated rings. The average molecular weight is 295 g/mol. The SMILES string of the molecule is COc1cc(C(N)=O)ccc1OCC1CCC(C(=O)O)O1. The van der Waals surface area contributed by atoms with Gasteiger partial charge in [0.2, 0.25) is 5.91 Å². The summed E-state index contributed by atoms with van der Waals surface area (Å²) in [6.45, 7) is 0.218. The van der Waals surface area contributed by atoms with Crippen molar-refractivity contribution >= 4 is 11.9 Å². The van der Waals surface area contributed by atoms with Crippen molar-refractivity contribution in [2.45, 2.75) is 25.0 Å². The molecule has 7 nitrogen and oxygen atoms in total. The predicted molar refractivity (Wildman–Crippen MR) is 72.5 cm³/mol. The van der Waals surface area contributed by atoms with Crippen LogP contribution in [0.2, 0.25) is 0 Å². The molecule has 1 aromatic carbocycles. The highest BCUT2D eigenvalue weighted by Crippen LogP contribution is 2.29. The molecular formula is C14H17NO6. The molecule has 1 saturated heterocycles. The normalized spacial score (nSPS) is 21.0. The maximum Gasteiger partial charge on any atom is 0.332 e. The first-order valence-electron chi connectivity index (χ1n) is 6.50. The van der Waals surface area contributed by atoms with E-state index in [-0.39, 0.29) is 12.7 Å². The minimum atomic E-state index is -0.958. The number of benzene rings is 1. The van der Waals surface area contributed by atoms with Crippen LogP contribution in [-0.4, -0.2) is 42.9 Å². The monoisotopic (exact) mass is 295 g/mol. The number of hydrogen-bond acceptors (Lipinski definition) is 5. The molecule has 1 amide bonds. The molecule has 1 heterocycles. The first kappa shape index (κ1) is 15.1. The Kier molecular flexibility index (Phi) is 4.64. The van der Waals surface area contributed by atoms with Crippen LogP contribution < -0.4 is 15.2 Å². The molecule has 0 aromatic heterocycles. The largest absolute Gasteiger partial charge is 0.493 e. The molecule has 0 aliphatic carbocycles. The molecule has 2 unspecified atom stereocenters. The molecule has 1 aliphatic rings. The third-order valence-electron chi connectivity index (χ3n) is 3.26. The Hall–Kier alpha value is -2.28. The number of carboxylic acids is 1. The van der Waals surface area contributed by atoms with Crippen molar-refractivity contribution in [3.05, 3.63) is 23.8 Å². The van der Waals surface area contributed by atoms with Crippen LogP contribution in [0.1, 0.15) is 23.2 Å². The third-order valence-corrected chi connectivity index (χ3v) is 3.26. The number of aliphatic carboxylic acids is 1. The van der Waals surface area contributed by atoms with Crippen molar-refractivity contribution in [3.8, 4) is 11.5 Å². The number of ether oxygens (including phenoxy) is 3. The summed E-state index contributed by atoms with van der Waals surface area (Å²) < 4.78 is 16.1. The van der Waals surface area contributed by atoms with Gasteiger partial charge in [-0.1, -0.05) is 0 Å². The highest BCUT2D eigenvalue weighted by atomic mass is 16.6. The molecule has 2 atom stereocenters. The van der Waals surface area contributed by atoms with Crippen LogP contribution in [0, 0.1) is 0 Å². The van der Waals surface area contributed by atoms with Gasteiger partial charge in [-0.15, -0.1) is 0 Å². The lowest BCUT2D eigenvalue weighted by atomic mass is 10.2. The Morgan fingerprint density at radius 2 is 2.14 bits per heavy atom. The van der Waals surface area contributed by atoms with E-state index in [2.05, 4.69) is 0 Å². The molecule has 0 radical (unpaired) electrons. The van der Waals surface area contributed by atoms with Crippen molar-refractivity contribution < 1.29 is 28.9 Å². The molecule has 3 N–H and O–H groups in total. The van der Waals surface area contributed by atoms with Crippen molar-refractivity contribution in [2.24, 2.45) is 5.73 Å². The summed E-state index contributed by atoms with van der Waals surface area (Å²) >= 11 is 0. The van der Waals surface area contributed by atoms with Crippen LogP contribution in [0.5, 0.6) is 11.5 Å². The molecule has 21 heavy (non-hydrogen) atoms. The molecule has 7 heteroatoms. The molecular weight excluding hydrogens is 278 g/mol. The fourth-order valence-corrected chi connectivity index (χ4v) is 2.13. The van der Waals surface area contributed by atoms with Crippen molar-refractivity contribution in [1.29, 1.82) is 0 Å². The zero-order valence-electron chi connectivity index (χ0n) is 11.6. The summed E-state index contributed by atoms with van der Waals surface area (Å²) in [5.74, 6) is -0.673. The highest BCUT2D eigenvalue weighted by Gasteiger charge is 2.30. The van der Waals surface area contributed by atoms with Gasteiger partial charge in [0.15, 0.2) is 17.6 Å². The number of carbonyl (C=O) groups excluding carboxylic acids is 1. The lowest BCUT2D eigenvalue weighted by Gasteiger charge is -2.15. The second kappa shape index (κ2) is 6.45.